The molecule has 0 spiro atoms. The largest absolute Gasteiger partial charge is 0.507 e. The van der Waals surface area contributed by atoms with Gasteiger partial charge < -0.3 is 20.4 Å². The quantitative estimate of drug-likeness (QED) is 0.526. The number of para-hydroxylation sites is 1. The molecule has 1 fully saturated rings. The molecule has 1 unspecified atom stereocenters. The van der Waals surface area contributed by atoms with Crippen molar-refractivity contribution < 1.29 is 15.0 Å². The van der Waals surface area contributed by atoms with Gasteiger partial charge in [-0.15, -0.1) is 0 Å². The first-order valence-corrected chi connectivity index (χ1v) is 11.9. The number of carbonyl (C=O) groups is 1. The molecule has 2 heterocycles. The summed E-state index contributed by atoms with van der Waals surface area (Å²) in [6.07, 6.45) is 0.960. The van der Waals surface area contributed by atoms with Crippen LogP contribution in [0.4, 0.5) is 5.82 Å². The van der Waals surface area contributed by atoms with Crippen molar-refractivity contribution in [2.75, 3.05) is 18.0 Å². The van der Waals surface area contributed by atoms with E-state index in [0.29, 0.717) is 17.8 Å². The van der Waals surface area contributed by atoms with Crippen LogP contribution in [0.15, 0.2) is 42.5 Å². The summed E-state index contributed by atoms with van der Waals surface area (Å²) in [5, 5.41) is 24.6. The van der Waals surface area contributed by atoms with Gasteiger partial charge in [-0.1, -0.05) is 39.0 Å². The summed E-state index contributed by atoms with van der Waals surface area (Å²) >= 11 is 0. The zero-order valence-corrected chi connectivity index (χ0v) is 20.4. The Morgan fingerprint density at radius 1 is 1.15 bits per heavy atom. The summed E-state index contributed by atoms with van der Waals surface area (Å²) in [6.45, 7) is 9.51. The minimum absolute atomic E-state index is 0.0198. The molecule has 4 rings (SSSR count). The van der Waals surface area contributed by atoms with Crippen LogP contribution in [0, 0.1) is 12.3 Å². The van der Waals surface area contributed by atoms with Crippen LogP contribution in [0.2, 0.25) is 0 Å². The number of hydrogen-bond acceptors (Lipinski definition) is 6. The van der Waals surface area contributed by atoms with Crippen molar-refractivity contribution in [2.45, 2.75) is 59.1 Å². The van der Waals surface area contributed by atoms with E-state index in [4.69, 9.17) is 9.97 Å². The van der Waals surface area contributed by atoms with Crippen molar-refractivity contribution in [2.24, 2.45) is 5.41 Å². The number of aromatic nitrogens is 2. The monoisotopic (exact) mass is 462 g/mol. The molecule has 1 amide bonds. The summed E-state index contributed by atoms with van der Waals surface area (Å²) in [4.78, 5) is 24.3. The van der Waals surface area contributed by atoms with Crippen LogP contribution < -0.4 is 10.2 Å². The molecule has 1 atom stereocenters. The van der Waals surface area contributed by atoms with Crippen LogP contribution in [0.25, 0.3) is 22.3 Å². The highest BCUT2D eigenvalue weighted by molar-refractivity contribution is 5.92. The van der Waals surface area contributed by atoms with E-state index >= 15 is 0 Å². The highest BCUT2D eigenvalue weighted by Gasteiger charge is 2.28. The summed E-state index contributed by atoms with van der Waals surface area (Å²) < 4.78 is 0. The minimum atomic E-state index is -0.992. The number of aryl methyl sites for hydroxylation is 1. The van der Waals surface area contributed by atoms with Gasteiger partial charge in [-0.3, -0.25) is 4.79 Å². The van der Waals surface area contributed by atoms with Gasteiger partial charge in [0.2, 0.25) is 5.91 Å². The standard InChI is InChI=1S/C27H34N4O3/c1-17-9-10-19-21(15-17)29-24(20-7-5-6-8-22(20)32)30-25(19)31-13-11-18(12-14-31)28-26(34)23(33)16-27(2,3)4/h5-10,15,18,23,32-33H,11-14,16H2,1-4H3,(H,28,34). The van der Waals surface area contributed by atoms with E-state index < -0.39 is 6.10 Å². The molecular formula is C27H34N4O3. The summed E-state index contributed by atoms with van der Waals surface area (Å²) in [7, 11) is 0. The molecule has 0 saturated carbocycles. The van der Waals surface area contributed by atoms with Gasteiger partial charge in [0.1, 0.15) is 17.7 Å². The molecule has 0 bridgehead atoms. The molecule has 1 saturated heterocycles. The number of nitrogens with zero attached hydrogens (tertiary/aromatic N) is 3. The van der Waals surface area contributed by atoms with Gasteiger partial charge in [0, 0.05) is 24.5 Å². The maximum absolute atomic E-state index is 12.5. The molecule has 0 radical (unpaired) electrons. The third-order valence-electron chi connectivity index (χ3n) is 6.23. The van der Waals surface area contributed by atoms with Gasteiger partial charge in [-0.25, -0.2) is 9.97 Å². The van der Waals surface area contributed by atoms with E-state index in [1.54, 1.807) is 12.1 Å². The van der Waals surface area contributed by atoms with Crippen LogP contribution >= 0.6 is 0 Å². The second kappa shape index (κ2) is 9.58. The SMILES string of the molecule is Cc1ccc2c(N3CCC(NC(=O)C(O)CC(C)(C)C)CC3)nc(-c3ccccc3O)nc2c1. The van der Waals surface area contributed by atoms with Gasteiger partial charge in [0.25, 0.3) is 0 Å². The van der Waals surface area contributed by atoms with E-state index in [1.807, 2.05) is 52.0 Å². The van der Waals surface area contributed by atoms with E-state index in [0.717, 1.165) is 48.2 Å². The number of nitrogens with one attached hydrogen (secondary N) is 1. The number of rotatable bonds is 5. The Hall–Kier alpha value is -3.19. The number of aliphatic hydroxyl groups excluding tert-OH is 1. The molecule has 1 aromatic heterocycles. The van der Waals surface area contributed by atoms with Crippen molar-refractivity contribution in [1.82, 2.24) is 15.3 Å². The maximum Gasteiger partial charge on any atom is 0.249 e. The average molecular weight is 463 g/mol. The molecule has 7 nitrogen and oxygen atoms in total. The second-order valence-electron chi connectivity index (χ2n) is 10.5. The maximum atomic E-state index is 12.5. The second-order valence-corrected chi connectivity index (χ2v) is 10.5. The smallest absolute Gasteiger partial charge is 0.249 e. The van der Waals surface area contributed by atoms with Crippen LogP contribution in [0.3, 0.4) is 0 Å². The van der Waals surface area contributed by atoms with Gasteiger partial charge in [-0.2, -0.15) is 0 Å². The first-order valence-electron chi connectivity index (χ1n) is 11.9. The Labute approximate surface area is 200 Å². The summed E-state index contributed by atoms with van der Waals surface area (Å²) in [5.74, 6) is 1.18. The Bertz CT molecular complexity index is 1180. The lowest BCUT2D eigenvalue weighted by Crippen LogP contribution is -2.48. The molecule has 7 heteroatoms. The lowest BCUT2D eigenvalue weighted by Gasteiger charge is -2.34. The van der Waals surface area contributed by atoms with Crippen molar-refractivity contribution >= 4 is 22.6 Å². The number of phenols is 1. The predicted octanol–water partition coefficient (Wildman–Crippen LogP) is 4.19. The van der Waals surface area contributed by atoms with Gasteiger partial charge in [-0.05, 0) is 61.4 Å². The predicted molar refractivity (Wildman–Crippen MR) is 135 cm³/mol. The first kappa shape index (κ1) is 24.0. The molecular weight excluding hydrogens is 428 g/mol. The van der Waals surface area contributed by atoms with Gasteiger partial charge in [0.05, 0.1) is 11.1 Å². The Morgan fingerprint density at radius 2 is 1.85 bits per heavy atom. The molecule has 180 valence electrons. The Kier molecular flexibility index (Phi) is 6.75. The minimum Gasteiger partial charge on any atom is -0.507 e. The topological polar surface area (TPSA) is 98.6 Å². The Morgan fingerprint density at radius 3 is 2.53 bits per heavy atom. The molecule has 1 aliphatic heterocycles. The van der Waals surface area contributed by atoms with Crippen molar-refractivity contribution in [3.8, 4) is 17.1 Å². The lowest BCUT2D eigenvalue weighted by molar-refractivity contribution is -0.131. The van der Waals surface area contributed by atoms with Crippen molar-refractivity contribution in [3.05, 3.63) is 48.0 Å². The molecule has 1 aliphatic rings. The molecule has 2 aromatic carbocycles. The van der Waals surface area contributed by atoms with Crippen molar-refractivity contribution in [1.29, 1.82) is 0 Å². The van der Waals surface area contributed by atoms with E-state index in [-0.39, 0.29) is 23.1 Å². The third kappa shape index (κ3) is 5.47. The number of carbonyl (C=O) groups excluding carboxylic acids is 1. The van der Waals surface area contributed by atoms with Crippen molar-refractivity contribution in [3.63, 3.8) is 0 Å². The molecule has 0 aliphatic carbocycles. The first-order chi connectivity index (χ1) is 16.1. The number of aliphatic hydroxyl groups is 1. The van der Waals surface area contributed by atoms with E-state index in [1.165, 1.54) is 0 Å². The summed E-state index contributed by atoms with van der Waals surface area (Å²) in [6, 6.07) is 13.3. The number of piperidine rings is 1. The van der Waals surface area contributed by atoms with E-state index in [2.05, 4.69) is 16.3 Å². The number of amides is 1. The number of hydrogen-bond donors (Lipinski definition) is 3. The Balaban J connectivity index is 1.54. The van der Waals surface area contributed by atoms with E-state index in [9.17, 15) is 15.0 Å². The van der Waals surface area contributed by atoms with Crippen LogP contribution in [0.1, 0.15) is 45.6 Å². The van der Waals surface area contributed by atoms with Gasteiger partial charge in [0.15, 0.2) is 5.82 Å². The molecule has 3 N–H and O–H groups in total. The molecule has 34 heavy (non-hydrogen) atoms. The normalized spacial score (nSPS) is 16.0. The van der Waals surface area contributed by atoms with Crippen LogP contribution in [0.5, 0.6) is 5.75 Å². The van der Waals surface area contributed by atoms with Crippen LogP contribution in [-0.2, 0) is 4.79 Å². The average Bonchev–Trinajstić information content (AvgIpc) is 2.78. The van der Waals surface area contributed by atoms with Gasteiger partial charge >= 0.3 is 0 Å². The molecule has 3 aromatic rings. The number of fused-ring (bicyclic) bond motifs is 1. The number of aromatic hydroxyl groups is 1. The zero-order chi connectivity index (χ0) is 24.5. The summed E-state index contributed by atoms with van der Waals surface area (Å²) in [5.41, 5.74) is 2.43. The fourth-order valence-electron chi connectivity index (χ4n) is 4.45. The lowest BCUT2D eigenvalue weighted by atomic mass is 9.89. The number of phenolic OH excluding ortho intramolecular Hbond substituents is 1. The fourth-order valence-corrected chi connectivity index (χ4v) is 4.45. The highest BCUT2D eigenvalue weighted by Crippen LogP contribution is 2.33. The zero-order valence-electron chi connectivity index (χ0n) is 20.4. The third-order valence-corrected chi connectivity index (χ3v) is 6.23. The number of anilines is 1. The van der Waals surface area contributed by atoms with Crippen LogP contribution in [-0.4, -0.2) is 51.3 Å². The number of benzene rings is 2. The highest BCUT2D eigenvalue weighted by atomic mass is 16.3. The fraction of sp³-hybridized carbons (Fsp3) is 0.444.